The minimum Gasteiger partial charge on any atom is -0.481 e. The molecule has 1 aliphatic carbocycles. The van der Waals surface area contributed by atoms with Crippen LogP contribution in [0, 0.1) is 5.92 Å². The Kier molecular flexibility index (Phi) is 2.48. The molecular weight excluding hydrogens is 241 g/mol. The van der Waals surface area contributed by atoms with Gasteiger partial charge in [0.1, 0.15) is 5.54 Å². The molecule has 2 amide bonds. The van der Waals surface area contributed by atoms with E-state index in [9.17, 15) is 22.8 Å². The number of rotatable bonds is 2. The van der Waals surface area contributed by atoms with Crippen molar-refractivity contribution in [2.45, 2.75) is 24.6 Å². The van der Waals surface area contributed by atoms with Crippen molar-refractivity contribution in [2.24, 2.45) is 5.92 Å². The van der Waals surface area contributed by atoms with E-state index in [1.807, 2.05) is 5.32 Å². The number of carbonyl (C=O) groups is 2. The van der Waals surface area contributed by atoms with Gasteiger partial charge < -0.3 is 15.3 Å². The van der Waals surface area contributed by atoms with Gasteiger partial charge in [0.05, 0.1) is 5.92 Å². The van der Waals surface area contributed by atoms with Crippen LogP contribution in [0.2, 0.25) is 0 Å². The number of alkyl halides is 3. The molecule has 0 aromatic rings. The molecule has 2 aliphatic rings. The van der Waals surface area contributed by atoms with Crippen molar-refractivity contribution in [2.75, 3.05) is 13.1 Å². The minimum atomic E-state index is -4.44. The van der Waals surface area contributed by atoms with Crippen molar-refractivity contribution < 1.29 is 27.9 Å². The van der Waals surface area contributed by atoms with Crippen molar-refractivity contribution in [3.63, 3.8) is 0 Å². The number of nitrogens with one attached hydrogen (secondary N) is 1. The Morgan fingerprint density at radius 1 is 1.29 bits per heavy atom. The summed E-state index contributed by atoms with van der Waals surface area (Å²) in [5.41, 5.74) is -2.08. The van der Waals surface area contributed by atoms with E-state index in [0.717, 1.165) is 4.90 Å². The summed E-state index contributed by atoms with van der Waals surface area (Å²) in [5.74, 6) is -1.70. The summed E-state index contributed by atoms with van der Waals surface area (Å²) in [6.07, 6.45) is -4.67. The first kappa shape index (κ1) is 12.0. The van der Waals surface area contributed by atoms with Gasteiger partial charge in [0.25, 0.3) is 0 Å². The Balaban J connectivity index is 1.86. The monoisotopic (exact) mass is 252 g/mol. The van der Waals surface area contributed by atoms with Gasteiger partial charge in [-0.1, -0.05) is 0 Å². The number of carboxylic acids is 1. The lowest BCUT2D eigenvalue weighted by molar-refractivity contribution is -0.164. The number of aliphatic carboxylic acids is 1. The standard InChI is InChI=1S/C9H11F3N2O3/c10-9(11,12)8(1-2-8)13-7(17)14-3-5(4-14)6(15)16/h5H,1-4H2,(H,13,17)(H,15,16). The fourth-order valence-corrected chi connectivity index (χ4v) is 1.69. The molecule has 5 nitrogen and oxygen atoms in total. The van der Waals surface area contributed by atoms with E-state index in [2.05, 4.69) is 0 Å². The molecule has 0 aromatic carbocycles. The summed E-state index contributed by atoms with van der Waals surface area (Å²) in [7, 11) is 0. The lowest BCUT2D eigenvalue weighted by Crippen LogP contribution is -2.60. The minimum absolute atomic E-state index is 0.0326. The van der Waals surface area contributed by atoms with Crippen LogP contribution in [0.3, 0.4) is 0 Å². The van der Waals surface area contributed by atoms with Gasteiger partial charge >= 0.3 is 18.2 Å². The second-order valence-electron chi connectivity index (χ2n) is 4.45. The fourth-order valence-electron chi connectivity index (χ4n) is 1.69. The second-order valence-corrected chi connectivity index (χ2v) is 4.45. The van der Waals surface area contributed by atoms with Crippen LogP contribution in [-0.4, -0.2) is 46.8 Å². The maximum absolute atomic E-state index is 12.5. The molecule has 0 spiro atoms. The highest BCUT2D eigenvalue weighted by atomic mass is 19.4. The molecule has 2 fully saturated rings. The zero-order chi connectivity index (χ0) is 12.8. The van der Waals surface area contributed by atoms with Gasteiger partial charge in [-0.15, -0.1) is 0 Å². The summed E-state index contributed by atoms with van der Waals surface area (Å²) in [6.45, 7) is -0.0653. The highest BCUT2D eigenvalue weighted by Crippen LogP contribution is 2.49. The summed E-state index contributed by atoms with van der Waals surface area (Å²) in [6, 6.07) is -0.836. The SMILES string of the molecule is O=C(O)C1CN(C(=O)NC2(C(F)(F)F)CC2)C1. The molecule has 96 valence electrons. The molecule has 0 bridgehead atoms. The zero-order valence-corrected chi connectivity index (χ0v) is 8.75. The number of carboxylic acid groups (broad SMARTS) is 1. The number of likely N-dealkylation sites (tertiary alicyclic amines) is 1. The molecule has 1 aliphatic heterocycles. The zero-order valence-electron chi connectivity index (χ0n) is 8.75. The van der Waals surface area contributed by atoms with Gasteiger partial charge in [0.2, 0.25) is 0 Å². The average molecular weight is 252 g/mol. The van der Waals surface area contributed by atoms with Gasteiger partial charge in [-0.3, -0.25) is 4.79 Å². The smallest absolute Gasteiger partial charge is 0.411 e. The molecule has 1 saturated carbocycles. The third-order valence-corrected chi connectivity index (χ3v) is 3.16. The first-order valence-electron chi connectivity index (χ1n) is 5.12. The van der Waals surface area contributed by atoms with E-state index in [1.165, 1.54) is 0 Å². The number of urea groups is 1. The Bertz CT molecular complexity index is 359. The molecule has 0 radical (unpaired) electrons. The highest BCUT2D eigenvalue weighted by molar-refractivity contribution is 5.80. The third-order valence-electron chi connectivity index (χ3n) is 3.16. The summed E-state index contributed by atoms with van der Waals surface area (Å²) < 4.78 is 37.6. The third kappa shape index (κ3) is 2.03. The molecule has 1 saturated heterocycles. The normalized spacial score (nSPS) is 22.9. The quantitative estimate of drug-likeness (QED) is 0.764. The molecule has 17 heavy (non-hydrogen) atoms. The number of hydrogen-bond acceptors (Lipinski definition) is 2. The van der Waals surface area contributed by atoms with E-state index >= 15 is 0 Å². The topological polar surface area (TPSA) is 69.6 Å². The van der Waals surface area contributed by atoms with Crippen LogP contribution in [-0.2, 0) is 4.79 Å². The van der Waals surface area contributed by atoms with Crippen LogP contribution in [0.15, 0.2) is 0 Å². The lowest BCUT2D eigenvalue weighted by Gasteiger charge is -2.37. The highest BCUT2D eigenvalue weighted by Gasteiger charge is 2.64. The van der Waals surface area contributed by atoms with Gasteiger partial charge in [0, 0.05) is 13.1 Å². The van der Waals surface area contributed by atoms with E-state index < -0.39 is 29.6 Å². The summed E-state index contributed by atoms with van der Waals surface area (Å²) in [4.78, 5) is 23.0. The van der Waals surface area contributed by atoms with Gasteiger partial charge in [-0.25, -0.2) is 4.79 Å². The van der Waals surface area contributed by atoms with Crippen LogP contribution in [0.25, 0.3) is 0 Å². The summed E-state index contributed by atoms with van der Waals surface area (Å²) in [5, 5.41) is 10.5. The Morgan fingerprint density at radius 3 is 2.18 bits per heavy atom. The molecule has 0 unspecified atom stereocenters. The van der Waals surface area contributed by atoms with Crippen molar-refractivity contribution >= 4 is 12.0 Å². The van der Waals surface area contributed by atoms with E-state index in [-0.39, 0.29) is 25.9 Å². The molecule has 2 N–H and O–H groups in total. The van der Waals surface area contributed by atoms with Crippen LogP contribution < -0.4 is 5.32 Å². The van der Waals surface area contributed by atoms with E-state index in [0.29, 0.717) is 0 Å². The predicted octanol–water partition coefficient (Wildman–Crippen LogP) is 0.807. The Morgan fingerprint density at radius 2 is 1.82 bits per heavy atom. The van der Waals surface area contributed by atoms with E-state index in [4.69, 9.17) is 5.11 Å². The summed E-state index contributed by atoms with van der Waals surface area (Å²) >= 11 is 0. The fraction of sp³-hybridized carbons (Fsp3) is 0.778. The maximum atomic E-state index is 12.5. The van der Waals surface area contributed by atoms with Gasteiger partial charge in [-0.05, 0) is 12.8 Å². The van der Waals surface area contributed by atoms with Crippen LogP contribution in [0.5, 0.6) is 0 Å². The van der Waals surface area contributed by atoms with E-state index in [1.54, 1.807) is 0 Å². The Labute approximate surface area is 94.6 Å². The molecule has 1 heterocycles. The maximum Gasteiger partial charge on any atom is 0.411 e. The van der Waals surface area contributed by atoms with Crippen molar-refractivity contribution in [3.8, 4) is 0 Å². The first-order valence-corrected chi connectivity index (χ1v) is 5.12. The molecule has 0 atom stereocenters. The second kappa shape index (κ2) is 3.51. The van der Waals surface area contributed by atoms with Crippen LogP contribution in [0.4, 0.5) is 18.0 Å². The number of carbonyl (C=O) groups excluding carboxylic acids is 1. The molecule has 8 heteroatoms. The number of nitrogens with zero attached hydrogens (tertiary/aromatic N) is 1. The van der Waals surface area contributed by atoms with Crippen molar-refractivity contribution in [3.05, 3.63) is 0 Å². The predicted molar refractivity (Wildman–Crippen MR) is 49.3 cm³/mol. The largest absolute Gasteiger partial charge is 0.481 e. The Hall–Kier alpha value is -1.47. The number of hydrogen-bond donors (Lipinski definition) is 2. The number of amides is 2. The van der Waals surface area contributed by atoms with Gasteiger partial charge in [0.15, 0.2) is 0 Å². The lowest BCUT2D eigenvalue weighted by atomic mass is 10.0. The molecule has 2 rings (SSSR count). The molecule has 0 aromatic heterocycles. The van der Waals surface area contributed by atoms with Gasteiger partial charge in [-0.2, -0.15) is 13.2 Å². The van der Waals surface area contributed by atoms with Crippen molar-refractivity contribution in [1.29, 1.82) is 0 Å². The average Bonchev–Trinajstić information content (AvgIpc) is 2.79. The van der Waals surface area contributed by atoms with Crippen LogP contribution >= 0.6 is 0 Å². The first-order chi connectivity index (χ1) is 7.75. The van der Waals surface area contributed by atoms with Crippen LogP contribution in [0.1, 0.15) is 12.8 Å². The number of halogens is 3. The van der Waals surface area contributed by atoms with Crippen molar-refractivity contribution in [1.82, 2.24) is 10.2 Å². The molecular formula is C9H11F3N2O3.